The quantitative estimate of drug-likeness (QED) is 0.178. The molecule has 11 aromatic rings. The Morgan fingerprint density at radius 3 is 1.85 bits per heavy atom. The van der Waals surface area contributed by atoms with Gasteiger partial charge in [-0.25, -0.2) is 15.0 Å². The van der Waals surface area contributed by atoms with Crippen molar-refractivity contribution in [2.75, 3.05) is 0 Å². The van der Waals surface area contributed by atoms with Gasteiger partial charge in [-0.05, 0) is 41.1 Å². The highest BCUT2D eigenvalue weighted by atomic mass is 32.1. The summed E-state index contributed by atoms with van der Waals surface area (Å²) < 4.78 is 58.0. The first-order valence-electron chi connectivity index (χ1n) is 20.6. The predicted octanol–water partition coefficient (Wildman–Crippen LogP) is 13.2. The molecule has 0 aliphatic heterocycles. The monoisotopic (exact) mass is 712 g/mol. The van der Waals surface area contributed by atoms with Gasteiger partial charge >= 0.3 is 0 Å². The van der Waals surface area contributed by atoms with Crippen LogP contribution >= 0.6 is 11.3 Å². The van der Waals surface area contributed by atoms with Gasteiger partial charge in [0.25, 0.3) is 0 Å². The fraction of sp³-hybridized carbons (Fsp3) is 0. The van der Waals surface area contributed by atoms with Crippen LogP contribution < -0.4 is 0 Å². The maximum absolute atomic E-state index is 9.30. The van der Waals surface area contributed by atoms with Crippen LogP contribution in [0.3, 0.4) is 0 Å². The number of fused-ring (bicyclic) bond motifs is 7. The van der Waals surface area contributed by atoms with Crippen LogP contribution in [0.1, 0.15) is 8.22 Å². The maximum atomic E-state index is 9.30. The van der Waals surface area contributed by atoms with Gasteiger partial charge in [-0.3, -0.25) is 0 Å². The van der Waals surface area contributed by atoms with Crippen molar-refractivity contribution in [3.05, 3.63) is 182 Å². The van der Waals surface area contributed by atoms with Gasteiger partial charge in [0.15, 0.2) is 17.5 Å². The predicted molar refractivity (Wildman–Crippen MR) is 226 cm³/mol. The van der Waals surface area contributed by atoms with Gasteiger partial charge < -0.3 is 4.57 Å². The van der Waals surface area contributed by atoms with Gasteiger partial charge in [0.2, 0.25) is 0 Å². The summed E-state index contributed by atoms with van der Waals surface area (Å²) in [5.74, 6) is 1.39. The molecular formula is C49H30N4S. The Kier molecular flexibility index (Phi) is 5.73. The third kappa shape index (κ3) is 4.94. The topological polar surface area (TPSA) is 43.6 Å². The molecule has 11 rings (SSSR count). The number of hydrogen-bond acceptors (Lipinski definition) is 4. The molecule has 0 N–H and O–H groups in total. The highest BCUT2D eigenvalue weighted by Gasteiger charge is 2.21. The van der Waals surface area contributed by atoms with Crippen LogP contribution in [0.2, 0.25) is 0 Å². The Morgan fingerprint density at radius 2 is 1.07 bits per heavy atom. The Morgan fingerprint density at radius 1 is 0.444 bits per heavy atom. The molecule has 3 heterocycles. The van der Waals surface area contributed by atoms with Crippen LogP contribution in [0, 0.1) is 0 Å². The molecule has 0 aliphatic rings. The molecule has 0 bridgehead atoms. The van der Waals surface area contributed by atoms with Gasteiger partial charge in [0.1, 0.15) is 0 Å². The van der Waals surface area contributed by atoms with Gasteiger partial charge in [0.05, 0.1) is 24.9 Å². The minimum atomic E-state index is -0.170. The Hall–Kier alpha value is -6.95. The fourth-order valence-corrected chi connectivity index (χ4v) is 8.71. The van der Waals surface area contributed by atoms with Crippen molar-refractivity contribution in [3.63, 3.8) is 0 Å². The van der Waals surface area contributed by atoms with Crippen molar-refractivity contribution < 1.29 is 8.22 Å². The SMILES string of the molecule is [2H]c1cc([2H])c2c(c1[2H])c1c([2H])c([2H])cc([2H])c1n2-c1cc(-c2nc(-c3ccccc3)nc(-c3ccc4ccccc4c3)n2)ccc1-c1cccc2c1sc1ccccc12. The van der Waals surface area contributed by atoms with Gasteiger partial charge in [-0.1, -0.05) is 152 Å². The summed E-state index contributed by atoms with van der Waals surface area (Å²) in [5, 5.41) is 4.77. The molecule has 0 radical (unpaired) electrons. The lowest BCUT2D eigenvalue weighted by Gasteiger charge is -2.17. The van der Waals surface area contributed by atoms with E-state index in [0.29, 0.717) is 28.7 Å². The molecule has 0 aliphatic carbocycles. The molecule has 3 aromatic heterocycles. The molecule has 5 heteroatoms. The van der Waals surface area contributed by atoms with Crippen molar-refractivity contribution in [1.29, 1.82) is 0 Å². The van der Waals surface area contributed by atoms with E-state index in [1.807, 2.05) is 84.9 Å². The molecule has 0 fully saturated rings. The van der Waals surface area contributed by atoms with Crippen LogP contribution in [-0.4, -0.2) is 19.5 Å². The molecular weight excluding hydrogens is 677 g/mol. The summed E-state index contributed by atoms with van der Waals surface area (Å²) in [7, 11) is 0. The Bertz CT molecular complexity index is 3510. The summed E-state index contributed by atoms with van der Waals surface area (Å²) in [6.07, 6.45) is 0. The average Bonchev–Trinajstić information content (AvgIpc) is 3.85. The smallest absolute Gasteiger partial charge is 0.164 e. The summed E-state index contributed by atoms with van der Waals surface area (Å²) in [6, 6.07) is 46.4. The molecule has 0 saturated carbocycles. The fourth-order valence-electron chi connectivity index (χ4n) is 7.48. The summed E-state index contributed by atoms with van der Waals surface area (Å²) in [5.41, 5.74) is 5.11. The maximum Gasteiger partial charge on any atom is 0.164 e. The zero-order valence-corrected chi connectivity index (χ0v) is 29.4. The minimum Gasteiger partial charge on any atom is -0.309 e. The van der Waals surface area contributed by atoms with E-state index in [0.717, 1.165) is 53.2 Å². The number of aromatic nitrogens is 4. The van der Waals surface area contributed by atoms with E-state index in [2.05, 4.69) is 48.5 Å². The first-order chi connectivity index (χ1) is 29.2. The summed E-state index contributed by atoms with van der Waals surface area (Å²) in [4.78, 5) is 15.2. The number of para-hydroxylation sites is 2. The van der Waals surface area contributed by atoms with Crippen molar-refractivity contribution >= 4 is 64.1 Å². The largest absolute Gasteiger partial charge is 0.309 e. The van der Waals surface area contributed by atoms with Gasteiger partial charge in [0, 0.05) is 58.8 Å². The molecule has 54 heavy (non-hydrogen) atoms. The van der Waals surface area contributed by atoms with Crippen LogP contribution in [0.25, 0.3) is 104 Å². The van der Waals surface area contributed by atoms with Crippen molar-refractivity contribution in [1.82, 2.24) is 19.5 Å². The zero-order chi connectivity index (χ0) is 40.8. The first-order valence-corrected chi connectivity index (χ1v) is 18.4. The number of thiophene rings is 1. The second-order valence-electron chi connectivity index (χ2n) is 13.1. The van der Waals surface area contributed by atoms with Crippen molar-refractivity contribution in [2.24, 2.45) is 0 Å². The molecule has 0 amide bonds. The Balaban J connectivity index is 1.25. The lowest BCUT2D eigenvalue weighted by atomic mass is 9.98. The number of nitrogens with zero attached hydrogens (tertiary/aromatic N) is 4. The van der Waals surface area contributed by atoms with E-state index in [9.17, 15) is 2.74 Å². The highest BCUT2D eigenvalue weighted by molar-refractivity contribution is 7.26. The van der Waals surface area contributed by atoms with Crippen LogP contribution in [0.5, 0.6) is 0 Å². The summed E-state index contributed by atoms with van der Waals surface area (Å²) in [6.45, 7) is 0. The lowest BCUT2D eigenvalue weighted by molar-refractivity contribution is 1.07. The number of hydrogen-bond donors (Lipinski definition) is 0. The standard InChI is InChI=1S/C49H30N4S/c1-2-14-32(15-3-1)47-50-48(34-26-25-31-13-4-5-16-33(31)29-34)52-49(51-47)35-27-28-38(40-20-12-21-41-39-19-8-11-24-45(39)54-46(40)41)44(30-35)53-42-22-9-6-17-36(42)37-18-7-10-23-43(37)53/h1-30H/i6D,7D,17D,18D,22D,23D. The zero-order valence-electron chi connectivity index (χ0n) is 34.6. The molecule has 0 spiro atoms. The average molecular weight is 713 g/mol. The minimum absolute atomic E-state index is 0.0333. The molecule has 252 valence electrons. The normalized spacial score (nSPS) is 13.3. The Labute approximate surface area is 323 Å². The molecule has 0 atom stereocenters. The molecule has 8 aromatic carbocycles. The number of benzene rings is 8. The van der Waals surface area contributed by atoms with E-state index in [-0.39, 0.29) is 58.1 Å². The third-order valence-corrected chi connectivity index (χ3v) is 11.2. The molecule has 0 unspecified atom stereocenters. The van der Waals surface area contributed by atoms with E-state index in [1.165, 1.54) is 12.1 Å². The second-order valence-corrected chi connectivity index (χ2v) is 14.2. The summed E-state index contributed by atoms with van der Waals surface area (Å²) >= 11 is 1.69. The van der Waals surface area contributed by atoms with E-state index in [4.69, 9.17) is 20.4 Å². The first kappa shape index (κ1) is 25.1. The number of rotatable bonds is 5. The van der Waals surface area contributed by atoms with E-state index < -0.39 is 0 Å². The van der Waals surface area contributed by atoms with Gasteiger partial charge in [-0.15, -0.1) is 11.3 Å². The van der Waals surface area contributed by atoms with Crippen molar-refractivity contribution in [3.8, 4) is 51.0 Å². The van der Waals surface area contributed by atoms with Crippen molar-refractivity contribution in [2.45, 2.75) is 0 Å². The molecule has 0 saturated heterocycles. The van der Waals surface area contributed by atoms with E-state index in [1.54, 1.807) is 15.9 Å². The second kappa shape index (κ2) is 12.3. The van der Waals surface area contributed by atoms with E-state index >= 15 is 0 Å². The van der Waals surface area contributed by atoms with Crippen LogP contribution in [-0.2, 0) is 0 Å². The highest BCUT2D eigenvalue weighted by Crippen LogP contribution is 2.44. The van der Waals surface area contributed by atoms with Crippen LogP contribution in [0.4, 0.5) is 0 Å². The third-order valence-electron chi connectivity index (χ3n) is 9.99. The lowest BCUT2D eigenvalue weighted by Crippen LogP contribution is -2.02. The molecule has 4 nitrogen and oxygen atoms in total. The van der Waals surface area contributed by atoms with Gasteiger partial charge in [-0.2, -0.15) is 0 Å². The van der Waals surface area contributed by atoms with Crippen LogP contribution in [0.15, 0.2) is 182 Å².